The van der Waals surface area contributed by atoms with Gasteiger partial charge in [-0.15, -0.1) is 6.42 Å². The van der Waals surface area contributed by atoms with Gasteiger partial charge in [-0.2, -0.15) is 0 Å². The number of aliphatic imine (C=N–C) groups is 1. The zero-order chi connectivity index (χ0) is 18.1. The Morgan fingerprint density at radius 3 is 3.00 bits per heavy atom. The second-order valence-corrected chi connectivity index (χ2v) is 5.41. The predicted molar refractivity (Wildman–Crippen MR) is 104 cm³/mol. The molecule has 2 rings (SSSR count). The molecule has 0 heterocycles. The van der Waals surface area contributed by atoms with Crippen LogP contribution in [0.5, 0.6) is 0 Å². The molecule has 1 aliphatic carbocycles. The van der Waals surface area contributed by atoms with Gasteiger partial charge >= 0.3 is 0 Å². The van der Waals surface area contributed by atoms with Crippen LogP contribution >= 0.6 is 0 Å². The zero-order valence-corrected chi connectivity index (χ0v) is 14.0. The van der Waals surface area contributed by atoms with Gasteiger partial charge in [0.2, 0.25) is 0 Å². The summed E-state index contributed by atoms with van der Waals surface area (Å²) in [7, 11) is 0. The van der Waals surface area contributed by atoms with Crippen molar-refractivity contribution in [2.24, 2.45) is 10.7 Å². The highest BCUT2D eigenvalue weighted by atomic mass is 16.3. The maximum Gasteiger partial charge on any atom is 0.123 e. The minimum absolute atomic E-state index is 0.117. The quantitative estimate of drug-likeness (QED) is 0.454. The van der Waals surface area contributed by atoms with Gasteiger partial charge in [0, 0.05) is 30.0 Å². The summed E-state index contributed by atoms with van der Waals surface area (Å²) in [6.07, 6.45) is 12.3. The monoisotopic (exact) mass is 334 g/mol. The molecule has 5 N–H and O–H groups in total. The third-order valence-electron chi connectivity index (χ3n) is 3.38. The molecule has 0 saturated carbocycles. The van der Waals surface area contributed by atoms with E-state index < -0.39 is 0 Å². The third kappa shape index (κ3) is 5.81. The number of nitrogens with zero attached hydrogens (tertiary/aromatic N) is 1. The average Bonchev–Trinajstić information content (AvgIpc) is 2.58. The van der Waals surface area contributed by atoms with E-state index in [0.29, 0.717) is 30.3 Å². The van der Waals surface area contributed by atoms with Gasteiger partial charge in [-0.3, -0.25) is 0 Å². The van der Waals surface area contributed by atoms with Crippen molar-refractivity contribution in [2.75, 3.05) is 18.5 Å². The molecule has 0 unspecified atom stereocenters. The van der Waals surface area contributed by atoms with Crippen LogP contribution in [0.1, 0.15) is 5.56 Å². The number of rotatable bonds is 7. The Morgan fingerprint density at radius 2 is 2.24 bits per heavy atom. The fourth-order valence-corrected chi connectivity index (χ4v) is 2.29. The average molecular weight is 334 g/mol. The fourth-order valence-electron chi connectivity index (χ4n) is 2.29. The Labute approximate surface area is 148 Å². The van der Waals surface area contributed by atoms with E-state index in [0.717, 1.165) is 16.8 Å². The van der Waals surface area contributed by atoms with Crippen molar-refractivity contribution in [3.8, 4) is 12.3 Å². The number of nitrogens with two attached hydrogens (primary N) is 1. The number of terminal acetylenes is 1. The molecule has 1 aromatic rings. The van der Waals surface area contributed by atoms with Crippen LogP contribution in [-0.4, -0.2) is 24.0 Å². The van der Waals surface area contributed by atoms with Crippen LogP contribution in [0.25, 0.3) is 0 Å². The molecule has 0 amide bonds. The van der Waals surface area contributed by atoms with Gasteiger partial charge in [0.25, 0.3) is 0 Å². The molecule has 0 spiro atoms. The summed E-state index contributed by atoms with van der Waals surface area (Å²) in [4.78, 5) is 4.48. The number of nitrogens with one attached hydrogen (secondary N) is 2. The van der Waals surface area contributed by atoms with Crippen LogP contribution in [0.15, 0.2) is 77.2 Å². The Balaban J connectivity index is 2.07. The first-order valence-corrected chi connectivity index (χ1v) is 7.89. The van der Waals surface area contributed by atoms with Crippen molar-refractivity contribution in [3.63, 3.8) is 0 Å². The second kappa shape index (κ2) is 9.28. The van der Waals surface area contributed by atoms with Crippen LogP contribution in [0, 0.1) is 12.3 Å². The van der Waals surface area contributed by atoms with E-state index in [9.17, 15) is 0 Å². The molecule has 128 valence electrons. The lowest BCUT2D eigenvalue weighted by molar-refractivity contribution is 0.292. The zero-order valence-electron chi connectivity index (χ0n) is 14.0. The maximum absolute atomic E-state index is 8.81. The lowest BCUT2D eigenvalue weighted by Gasteiger charge is -2.12. The van der Waals surface area contributed by atoms with Crippen LogP contribution < -0.4 is 16.4 Å². The Bertz CT molecular complexity index is 794. The number of aliphatic hydroxyl groups is 1. The molecule has 5 heteroatoms. The van der Waals surface area contributed by atoms with Crippen molar-refractivity contribution in [1.82, 2.24) is 5.32 Å². The molecule has 0 saturated heterocycles. The van der Waals surface area contributed by atoms with Gasteiger partial charge in [-0.25, -0.2) is 4.99 Å². The summed E-state index contributed by atoms with van der Waals surface area (Å²) < 4.78 is 0. The van der Waals surface area contributed by atoms with Gasteiger partial charge < -0.3 is 21.5 Å². The third-order valence-corrected chi connectivity index (χ3v) is 3.38. The van der Waals surface area contributed by atoms with Gasteiger partial charge in [0.15, 0.2) is 0 Å². The van der Waals surface area contributed by atoms with Gasteiger partial charge in [-0.05, 0) is 42.0 Å². The maximum atomic E-state index is 8.81. The standard InChI is InChI=1S/C20H22N4O/c1-3-5-17-13-18(21)8-9-20(17)24-15(2)23-19-7-4-6-16(12-19)14-22-10-11-25/h1,4-9,12-13,22-23,25H,2,10-11,14,21H2/b17-5-,24-20-. The number of aliphatic hydroxyl groups excluding tert-OH is 1. The molecular formula is C20H22N4O. The minimum atomic E-state index is 0.117. The molecule has 1 aromatic carbocycles. The highest BCUT2D eigenvalue weighted by Crippen LogP contribution is 2.16. The van der Waals surface area contributed by atoms with Gasteiger partial charge in [-0.1, -0.05) is 24.6 Å². The first-order valence-electron chi connectivity index (χ1n) is 7.89. The summed E-state index contributed by atoms with van der Waals surface area (Å²) in [5, 5.41) is 15.1. The molecule has 0 radical (unpaired) electrons. The van der Waals surface area contributed by atoms with E-state index in [1.807, 2.05) is 24.3 Å². The summed E-state index contributed by atoms with van der Waals surface area (Å²) in [5.74, 6) is 2.99. The van der Waals surface area contributed by atoms with Crippen molar-refractivity contribution >= 4 is 11.4 Å². The molecule has 0 bridgehead atoms. The van der Waals surface area contributed by atoms with Crippen LogP contribution in [0.4, 0.5) is 5.69 Å². The van der Waals surface area contributed by atoms with Crippen LogP contribution in [0.3, 0.4) is 0 Å². The first kappa shape index (κ1) is 18.3. The number of anilines is 1. The molecule has 1 aliphatic rings. The number of hydrogen-bond acceptors (Lipinski definition) is 5. The van der Waals surface area contributed by atoms with E-state index >= 15 is 0 Å². The Kier molecular flexibility index (Phi) is 6.78. The van der Waals surface area contributed by atoms with Crippen molar-refractivity contribution < 1.29 is 5.11 Å². The molecule has 5 nitrogen and oxygen atoms in total. The summed E-state index contributed by atoms with van der Waals surface area (Å²) in [6.45, 7) is 5.31. The molecule has 25 heavy (non-hydrogen) atoms. The van der Waals surface area contributed by atoms with E-state index in [1.54, 1.807) is 24.3 Å². The first-order chi connectivity index (χ1) is 12.1. The molecule has 0 aromatic heterocycles. The van der Waals surface area contributed by atoms with E-state index in [2.05, 4.69) is 28.1 Å². The SMILES string of the molecule is C#C/C=C1/C=C(N)C=C/C1=N/C(=C)Nc1cccc(CNCCO)c1. The van der Waals surface area contributed by atoms with Crippen molar-refractivity contribution in [2.45, 2.75) is 6.54 Å². The summed E-state index contributed by atoms with van der Waals surface area (Å²) >= 11 is 0. The minimum Gasteiger partial charge on any atom is -0.399 e. The molecule has 0 aliphatic heterocycles. The predicted octanol–water partition coefficient (Wildman–Crippen LogP) is 2.06. The van der Waals surface area contributed by atoms with E-state index in [1.165, 1.54) is 0 Å². The second-order valence-electron chi connectivity index (χ2n) is 5.41. The molecular weight excluding hydrogens is 312 g/mol. The number of hydrogen-bond donors (Lipinski definition) is 4. The topological polar surface area (TPSA) is 82.7 Å². The largest absolute Gasteiger partial charge is 0.399 e. The summed E-state index contributed by atoms with van der Waals surface area (Å²) in [5.41, 5.74) is 9.87. The van der Waals surface area contributed by atoms with Crippen molar-refractivity contribution in [3.05, 3.63) is 77.8 Å². The lowest BCUT2D eigenvalue weighted by atomic mass is 10.0. The fraction of sp³-hybridized carbons (Fsp3) is 0.150. The highest BCUT2D eigenvalue weighted by Gasteiger charge is 2.07. The highest BCUT2D eigenvalue weighted by molar-refractivity contribution is 6.12. The Morgan fingerprint density at radius 1 is 1.40 bits per heavy atom. The molecule has 0 atom stereocenters. The summed E-state index contributed by atoms with van der Waals surface area (Å²) in [6, 6.07) is 7.90. The number of benzene rings is 1. The van der Waals surface area contributed by atoms with Gasteiger partial charge in [0.05, 0.1) is 12.3 Å². The van der Waals surface area contributed by atoms with Crippen molar-refractivity contribution in [1.29, 1.82) is 0 Å². The van der Waals surface area contributed by atoms with E-state index in [4.69, 9.17) is 17.3 Å². The van der Waals surface area contributed by atoms with Crippen LogP contribution in [0.2, 0.25) is 0 Å². The van der Waals surface area contributed by atoms with E-state index in [-0.39, 0.29) is 6.61 Å². The normalized spacial score (nSPS) is 16.6. The smallest absolute Gasteiger partial charge is 0.123 e. The number of allylic oxidation sites excluding steroid dienone is 5. The van der Waals surface area contributed by atoms with Gasteiger partial charge in [0.1, 0.15) is 5.82 Å². The van der Waals surface area contributed by atoms with Crippen LogP contribution in [-0.2, 0) is 6.54 Å². The Hall–Kier alpha value is -3.07. The lowest BCUT2D eigenvalue weighted by Crippen LogP contribution is -2.17. The molecule has 0 fully saturated rings.